The van der Waals surface area contributed by atoms with Crippen LogP contribution in [0, 0.1) is 53.0 Å². The molecule has 1 rings (SSSR count). The van der Waals surface area contributed by atoms with Crippen molar-refractivity contribution in [3.8, 4) is 5.63 Å². The molecule has 11 heteroatoms. The van der Waals surface area contributed by atoms with Crippen molar-refractivity contribution in [1.82, 2.24) is 5.32 Å². The standard InChI is InChI=1S/C51H98NO9P/c1-37(2)17-11-19-39(5)21-13-23-41(7)25-15-27-43(9)29-31-58-34-45(35-60-51-48(52-47(54)36-62-57)50(56)49(55)46(33-53)61-51)59-32-30-44(10)28-16-26-42(8)24-14-22-40(6)20-12-18-38(3)4/h37-46,48-51,53,55-56H,11-35H2,1-10H3,(H,52,54)/t39?,40?,41?,42?,43?,44?,45-,46+,48+,49+,50+,51+/m0/s1. The zero-order valence-corrected chi connectivity index (χ0v) is 42.4. The van der Waals surface area contributed by atoms with Gasteiger partial charge in [0.05, 0.1) is 0 Å². The Hall–Kier alpha value is -0.800. The molecule has 62 heavy (non-hydrogen) atoms. The minimum Gasteiger partial charge on any atom is -0.0628 e. The topological polar surface area (TPSA) is 144 Å². The Balaban J connectivity index is 2.63. The van der Waals surface area contributed by atoms with Gasteiger partial charge < -0.3 is 0 Å². The normalized spacial score (nSPS) is 22.8. The van der Waals surface area contributed by atoms with Crippen molar-refractivity contribution in [2.75, 3.05) is 33.0 Å². The van der Waals surface area contributed by atoms with Gasteiger partial charge in [-0.15, -0.1) is 0 Å². The van der Waals surface area contributed by atoms with E-state index in [2.05, 4.69) is 80.2 Å². The van der Waals surface area contributed by atoms with Gasteiger partial charge in [-0.2, -0.15) is 0 Å². The van der Waals surface area contributed by atoms with Gasteiger partial charge in [-0.1, -0.05) is 185 Å². The molecule has 1 saturated heterocycles. The van der Waals surface area contributed by atoms with Crippen LogP contribution in [0.4, 0.5) is 0 Å². The van der Waals surface area contributed by atoms with E-state index < -0.39 is 57.2 Å². The van der Waals surface area contributed by atoms with Crippen LogP contribution in [0.1, 0.15) is 198 Å². The molecule has 10 nitrogen and oxygen atoms in total. The Labute approximate surface area is 382 Å². The van der Waals surface area contributed by atoms with Crippen LogP contribution in [0.2, 0.25) is 0 Å². The van der Waals surface area contributed by atoms with Crippen molar-refractivity contribution >= 4 is 13.8 Å². The number of carbonyl (C=O) groups excluding carboxylic acids is 1. The number of aliphatic hydroxyl groups is 3. The van der Waals surface area contributed by atoms with Crippen LogP contribution in [-0.4, -0.2) is 91.0 Å². The first-order valence-electron chi connectivity index (χ1n) is 25.4. The van der Waals surface area contributed by atoms with E-state index in [1.165, 1.54) is 109 Å². The van der Waals surface area contributed by atoms with Gasteiger partial charge in [0, 0.05) is 0 Å². The monoisotopic (exact) mass is 900 g/mol. The number of hydrogen-bond acceptors (Lipinski definition) is 9. The number of aliphatic hydroxyl groups excluding tert-OH is 3. The van der Waals surface area contributed by atoms with Crippen molar-refractivity contribution in [2.45, 2.75) is 234 Å². The number of hydrogen-bond donors (Lipinski definition) is 4. The summed E-state index contributed by atoms with van der Waals surface area (Å²) in [6.07, 6.45) is 19.5. The number of amides is 1. The predicted molar refractivity (Wildman–Crippen MR) is 255 cm³/mol. The third-order valence-electron chi connectivity index (χ3n) is 13.3. The zero-order valence-electron chi connectivity index (χ0n) is 41.5. The number of ether oxygens (including phenoxy) is 4. The molecule has 12 atom stereocenters. The summed E-state index contributed by atoms with van der Waals surface area (Å²) >= 11 is 0. The molecule has 0 bridgehead atoms. The second-order valence-corrected chi connectivity index (χ2v) is 21.3. The van der Waals surface area contributed by atoms with E-state index in [0.29, 0.717) is 31.7 Å². The summed E-state index contributed by atoms with van der Waals surface area (Å²) < 4.78 is 35.4. The third-order valence-corrected chi connectivity index (χ3v) is 13.6. The van der Waals surface area contributed by atoms with Crippen LogP contribution in [0.5, 0.6) is 0 Å². The molecular formula is C51H98NO9P. The molecule has 366 valence electrons. The minimum absolute atomic E-state index is 0.0393. The zero-order chi connectivity index (χ0) is 46.3. The first-order chi connectivity index (χ1) is 29.6. The van der Waals surface area contributed by atoms with Crippen molar-refractivity contribution in [3.63, 3.8) is 0 Å². The first kappa shape index (κ1) is 59.2. The Morgan fingerprint density at radius 3 is 1.40 bits per heavy atom. The molecule has 1 amide bonds. The van der Waals surface area contributed by atoms with Crippen LogP contribution in [0.25, 0.3) is 0 Å². The second-order valence-electron chi connectivity index (χ2n) is 20.9. The summed E-state index contributed by atoms with van der Waals surface area (Å²) in [6.45, 7) is 24.4. The molecule has 0 aliphatic carbocycles. The summed E-state index contributed by atoms with van der Waals surface area (Å²) in [4.78, 5) is 12.2. The summed E-state index contributed by atoms with van der Waals surface area (Å²) in [6, 6.07) is -1.19. The minimum atomic E-state index is -1.50. The second kappa shape index (κ2) is 36.3. The molecule has 0 radical (unpaired) electrons. The Morgan fingerprint density at radius 2 is 1.00 bits per heavy atom. The molecule has 6 unspecified atom stereocenters. The number of carbonyl (C=O) groups is 1. The molecule has 0 saturated carbocycles. The molecule has 4 N–H and O–H groups in total. The SMILES string of the molecule is CC(C)CCCC(C)CCCC(C)CCCC(C)CCOC[C@@H](CO[C@@H]1O[C@H](CO)[C@@H](O)[C@H](O)[C@H]1NC(=O)C#P=O)OCCC(C)CCCC(C)CCCC(C)CCCC(C)C. The van der Waals surface area contributed by atoms with Gasteiger partial charge in [-0.3, -0.25) is 0 Å². The van der Waals surface area contributed by atoms with E-state index in [-0.39, 0.29) is 6.61 Å². The van der Waals surface area contributed by atoms with Gasteiger partial charge in [-0.25, -0.2) is 0 Å². The first-order valence-corrected chi connectivity index (χ1v) is 26.2. The Morgan fingerprint density at radius 1 is 0.597 bits per heavy atom. The van der Waals surface area contributed by atoms with Gasteiger partial charge in [0.2, 0.25) is 0 Å². The average molecular weight is 900 g/mol. The average Bonchev–Trinajstić information content (AvgIpc) is 3.20. The Kier molecular flexibility index (Phi) is 34.7. The quantitative estimate of drug-likeness (QED) is 0.0352. The van der Waals surface area contributed by atoms with Crippen LogP contribution >= 0.6 is 7.92 Å². The summed E-state index contributed by atoms with van der Waals surface area (Å²) in [5.74, 6) is 5.01. The summed E-state index contributed by atoms with van der Waals surface area (Å²) in [5.41, 5.74) is 2.07. The van der Waals surface area contributed by atoms with Gasteiger partial charge >= 0.3 is 157 Å². The summed E-state index contributed by atoms with van der Waals surface area (Å²) in [5, 5.41) is 33.6. The molecule has 1 fully saturated rings. The number of rotatable bonds is 38. The van der Waals surface area contributed by atoms with Crippen LogP contribution in [0.15, 0.2) is 0 Å². The van der Waals surface area contributed by atoms with E-state index >= 15 is 0 Å². The molecule has 0 aromatic heterocycles. The fourth-order valence-corrected chi connectivity index (χ4v) is 8.91. The third kappa shape index (κ3) is 29.7. The smallest absolute Gasteiger partial charge is 0.0628 e. The molecular weight excluding hydrogens is 802 g/mol. The molecule has 1 aliphatic rings. The van der Waals surface area contributed by atoms with E-state index in [1.54, 1.807) is 0 Å². The fourth-order valence-electron chi connectivity index (χ4n) is 8.76. The molecule has 1 aliphatic heterocycles. The number of nitrogens with one attached hydrogen (secondary N) is 1. The van der Waals surface area contributed by atoms with Crippen molar-refractivity contribution in [1.29, 1.82) is 0 Å². The van der Waals surface area contributed by atoms with E-state index in [1.807, 2.05) is 0 Å². The van der Waals surface area contributed by atoms with E-state index in [9.17, 15) is 24.7 Å². The van der Waals surface area contributed by atoms with Gasteiger partial charge in [0.15, 0.2) is 0 Å². The summed E-state index contributed by atoms with van der Waals surface area (Å²) in [7, 11) is -0.620. The van der Waals surface area contributed by atoms with Gasteiger partial charge in [0.1, 0.15) is 0 Å². The van der Waals surface area contributed by atoms with Crippen molar-refractivity contribution < 1.29 is 43.6 Å². The maximum atomic E-state index is 12.2. The van der Waals surface area contributed by atoms with Crippen LogP contribution < -0.4 is 5.32 Å². The molecule has 1 heterocycles. The molecule has 0 spiro atoms. The van der Waals surface area contributed by atoms with Crippen molar-refractivity contribution in [2.24, 2.45) is 47.3 Å². The fraction of sp³-hybridized carbons (Fsp3) is 0.961. The van der Waals surface area contributed by atoms with Crippen LogP contribution in [0.3, 0.4) is 0 Å². The maximum absolute atomic E-state index is 12.2. The van der Waals surface area contributed by atoms with Gasteiger partial charge in [0.25, 0.3) is 0 Å². The van der Waals surface area contributed by atoms with Crippen LogP contribution in [-0.2, 0) is 28.3 Å². The Bertz CT molecular complexity index is 1200. The molecule has 0 aromatic rings. The van der Waals surface area contributed by atoms with E-state index in [0.717, 1.165) is 54.8 Å². The van der Waals surface area contributed by atoms with E-state index in [4.69, 9.17) is 18.9 Å². The van der Waals surface area contributed by atoms with Crippen molar-refractivity contribution in [3.05, 3.63) is 0 Å². The predicted octanol–water partition coefficient (Wildman–Crippen LogP) is 11.5. The van der Waals surface area contributed by atoms with Gasteiger partial charge in [-0.05, 0) is 41.4 Å². The molecule has 0 aromatic carbocycles.